The summed E-state index contributed by atoms with van der Waals surface area (Å²) in [6, 6.07) is 14.9. The first-order valence-corrected chi connectivity index (χ1v) is 6.15. The Kier molecular flexibility index (Phi) is 4.14. The number of carbonyl (C=O) groups is 2. The summed E-state index contributed by atoms with van der Waals surface area (Å²) in [5, 5.41) is 9.57. The van der Waals surface area contributed by atoms with Crippen LogP contribution in [0, 0.1) is 0 Å². The van der Waals surface area contributed by atoms with Gasteiger partial charge in [-0.15, -0.1) is 12.6 Å². The van der Waals surface area contributed by atoms with E-state index in [4.69, 9.17) is 0 Å². The van der Waals surface area contributed by atoms with E-state index in [1.54, 1.807) is 42.5 Å². The number of Topliss-reactive ketones (excluding diaryl/α,β-unsaturated/α-hetero) is 1. The topological polar surface area (TPSA) is 54.4 Å². The molecule has 0 bridgehead atoms. The van der Waals surface area contributed by atoms with Crippen molar-refractivity contribution in [3.05, 3.63) is 71.3 Å². The van der Waals surface area contributed by atoms with Crippen LogP contribution < -0.4 is 0 Å². The van der Waals surface area contributed by atoms with Crippen molar-refractivity contribution in [3.8, 4) is 0 Å². The van der Waals surface area contributed by atoms with Gasteiger partial charge in [0.25, 0.3) is 0 Å². The van der Waals surface area contributed by atoms with Crippen molar-refractivity contribution in [1.29, 1.82) is 0 Å². The molecule has 2 aromatic rings. The molecule has 0 fully saturated rings. The zero-order valence-electron chi connectivity index (χ0n) is 9.98. The molecule has 1 N–H and O–H groups in total. The highest BCUT2D eigenvalue weighted by atomic mass is 32.1. The molecule has 2 rings (SSSR count). The van der Waals surface area contributed by atoms with Gasteiger partial charge in [0.2, 0.25) is 5.12 Å². The maximum atomic E-state index is 12.2. The van der Waals surface area contributed by atoms with Crippen LogP contribution in [0.5, 0.6) is 0 Å². The standard InChI is InChI=1S/C15H12O3S/c16-13(10-6-2-1-3-7-10)14(17)11-8-4-5-9-12(11)15(18)19/h1-9,13,16H,(H,18,19). The summed E-state index contributed by atoms with van der Waals surface area (Å²) < 4.78 is 0. The third-order valence-corrected chi connectivity index (χ3v) is 3.03. The molecule has 4 heteroatoms. The summed E-state index contributed by atoms with van der Waals surface area (Å²) >= 11 is 3.73. The molecule has 0 spiro atoms. The SMILES string of the molecule is O=C(S)c1ccccc1C(=O)C(O)c1ccccc1. The Morgan fingerprint density at radius 3 is 2.00 bits per heavy atom. The number of ketones is 1. The fourth-order valence-corrected chi connectivity index (χ4v) is 2.01. The van der Waals surface area contributed by atoms with Crippen molar-refractivity contribution in [1.82, 2.24) is 0 Å². The van der Waals surface area contributed by atoms with Crippen LogP contribution in [0.25, 0.3) is 0 Å². The van der Waals surface area contributed by atoms with Crippen LogP contribution in [0.2, 0.25) is 0 Å². The highest BCUT2D eigenvalue weighted by molar-refractivity contribution is 7.97. The van der Waals surface area contributed by atoms with Crippen LogP contribution in [-0.4, -0.2) is 16.0 Å². The zero-order valence-corrected chi connectivity index (χ0v) is 10.9. The number of benzene rings is 2. The molecule has 1 unspecified atom stereocenters. The van der Waals surface area contributed by atoms with E-state index in [1.165, 1.54) is 12.1 Å². The number of rotatable bonds is 4. The van der Waals surface area contributed by atoms with Crippen LogP contribution in [0.1, 0.15) is 32.4 Å². The Balaban J connectivity index is 2.38. The van der Waals surface area contributed by atoms with E-state index in [0.717, 1.165) is 0 Å². The summed E-state index contributed by atoms with van der Waals surface area (Å²) in [7, 11) is 0. The Labute approximate surface area is 116 Å². The normalized spacial score (nSPS) is 11.9. The molecular weight excluding hydrogens is 260 g/mol. The molecule has 3 nitrogen and oxygen atoms in total. The van der Waals surface area contributed by atoms with Gasteiger partial charge >= 0.3 is 0 Å². The third-order valence-electron chi connectivity index (χ3n) is 2.79. The van der Waals surface area contributed by atoms with Crippen LogP contribution in [-0.2, 0) is 0 Å². The predicted molar refractivity (Wildman–Crippen MR) is 75.5 cm³/mol. The van der Waals surface area contributed by atoms with Crippen molar-refractivity contribution >= 4 is 23.5 Å². The third kappa shape index (κ3) is 2.92. The van der Waals surface area contributed by atoms with Gasteiger partial charge in [0.15, 0.2) is 5.78 Å². The van der Waals surface area contributed by atoms with Crippen molar-refractivity contribution < 1.29 is 14.7 Å². The lowest BCUT2D eigenvalue weighted by molar-refractivity contribution is 0.0744. The molecule has 0 aromatic heterocycles. The highest BCUT2D eigenvalue weighted by Gasteiger charge is 2.22. The van der Waals surface area contributed by atoms with E-state index in [1.807, 2.05) is 0 Å². The van der Waals surface area contributed by atoms with Crippen LogP contribution in [0.3, 0.4) is 0 Å². The highest BCUT2D eigenvalue weighted by Crippen LogP contribution is 2.21. The lowest BCUT2D eigenvalue weighted by Gasteiger charge is -2.11. The molecule has 0 saturated carbocycles. The van der Waals surface area contributed by atoms with Gasteiger partial charge < -0.3 is 5.11 Å². The largest absolute Gasteiger partial charge is 0.380 e. The number of hydrogen-bond donors (Lipinski definition) is 2. The average molecular weight is 272 g/mol. The van der Waals surface area contributed by atoms with E-state index in [9.17, 15) is 14.7 Å². The molecule has 0 saturated heterocycles. The van der Waals surface area contributed by atoms with Crippen LogP contribution >= 0.6 is 12.6 Å². The van der Waals surface area contributed by atoms with Crippen molar-refractivity contribution in [2.75, 3.05) is 0 Å². The second-order valence-corrected chi connectivity index (χ2v) is 4.43. The molecule has 0 aliphatic carbocycles. The second kappa shape index (κ2) is 5.82. The van der Waals surface area contributed by atoms with Crippen molar-refractivity contribution in [3.63, 3.8) is 0 Å². The number of thiol groups is 1. The molecule has 0 amide bonds. The lowest BCUT2D eigenvalue weighted by atomic mass is 9.97. The quantitative estimate of drug-likeness (QED) is 0.664. The predicted octanol–water partition coefficient (Wildman–Crippen LogP) is 2.67. The van der Waals surface area contributed by atoms with Gasteiger partial charge in [-0.25, -0.2) is 0 Å². The molecule has 19 heavy (non-hydrogen) atoms. The Morgan fingerprint density at radius 2 is 1.42 bits per heavy atom. The van der Waals surface area contributed by atoms with Gasteiger partial charge in [-0.1, -0.05) is 48.5 Å². The number of aliphatic hydroxyl groups is 1. The number of hydrogen-bond acceptors (Lipinski definition) is 3. The molecule has 0 heterocycles. The lowest BCUT2D eigenvalue weighted by Crippen LogP contribution is -2.15. The monoisotopic (exact) mass is 272 g/mol. The molecule has 2 aromatic carbocycles. The summed E-state index contributed by atoms with van der Waals surface area (Å²) in [6.07, 6.45) is -1.28. The van der Waals surface area contributed by atoms with Gasteiger partial charge in [0.05, 0.1) is 0 Å². The maximum Gasteiger partial charge on any atom is 0.217 e. The second-order valence-electron chi connectivity index (χ2n) is 4.03. The Hall–Kier alpha value is -1.91. The van der Waals surface area contributed by atoms with E-state index < -0.39 is 17.0 Å². The van der Waals surface area contributed by atoms with E-state index >= 15 is 0 Å². The molecule has 0 radical (unpaired) electrons. The Bertz CT molecular complexity index is 608. The summed E-state index contributed by atoms with van der Waals surface area (Å²) in [4.78, 5) is 23.6. The maximum absolute atomic E-state index is 12.2. The first-order chi connectivity index (χ1) is 9.11. The number of carbonyl (C=O) groups excluding carboxylic acids is 2. The van der Waals surface area contributed by atoms with Gasteiger partial charge in [0, 0.05) is 11.1 Å². The van der Waals surface area contributed by atoms with E-state index in [-0.39, 0.29) is 11.1 Å². The minimum absolute atomic E-state index is 0.179. The van der Waals surface area contributed by atoms with Gasteiger partial charge in [-0.2, -0.15) is 0 Å². The van der Waals surface area contributed by atoms with Gasteiger partial charge in [-0.3, -0.25) is 9.59 Å². The van der Waals surface area contributed by atoms with Crippen LogP contribution in [0.15, 0.2) is 54.6 Å². The van der Waals surface area contributed by atoms with Crippen molar-refractivity contribution in [2.45, 2.75) is 6.10 Å². The van der Waals surface area contributed by atoms with E-state index in [0.29, 0.717) is 5.56 Å². The summed E-state index contributed by atoms with van der Waals surface area (Å²) in [5.41, 5.74) is 0.874. The van der Waals surface area contributed by atoms with Crippen molar-refractivity contribution in [2.24, 2.45) is 0 Å². The molecule has 96 valence electrons. The zero-order chi connectivity index (χ0) is 13.8. The minimum atomic E-state index is -1.28. The van der Waals surface area contributed by atoms with Gasteiger partial charge in [-0.05, 0) is 11.6 Å². The smallest absolute Gasteiger partial charge is 0.217 e. The first-order valence-electron chi connectivity index (χ1n) is 5.71. The summed E-state index contributed by atoms with van der Waals surface area (Å²) in [5.74, 6) is -0.510. The molecular formula is C15H12O3S. The molecule has 0 aliphatic rings. The van der Waals surface area contributed by atoms with Gasteiger partial charge in [0.1, 0.15) is 6.10 Å². The number of aliphatic hydroxyl groups excluding tert-OH is 1. The van der Waals surface area contributed by atoms with Crippen LogP contribution in [0.4, 0.5) is 0 Å². The summed E-state index contributed by atoms with van der Waals surface area (Å²) in [6.45, 7) is 0. The fraction of sp³-hybridized carbons (Fsp3) is 0.0667. The van der Waals surface area contributed by atoms with E-state index in [2.05, 4.69) is 12.6 Å². The average Bonchev–Trinajstić information content (AvgIpc) is 2.46. The minimum Gasteiger partial charge on any atom is -0.380 e. The molecule has 1 atom stereocenters. The fourth-order valence-electron chi connectivity index (χ4n) is 1.82. The molecule has 0 aliphatic heterocycles. The first kappa shape index (κ1) is 13.5. The Morgan fingerprint density at radius 1 is 0.895 bits per heavy atom.